The zero-order valence-corrected chi connectivity index (χ0v) is 6.98. The molecule has 0 saturated heterocycles. The fourth-order valence-electron chi connectivity index (χ4n) is 1.15. The zero-order valence-electron chi connectivity index (χ0n) is 6.98. The molecule has 2 aromatic rings. The summed E-state index contributed by atoms with van der Waals surface area (Å²) in [6, 6.07) is 5.70. The minimum atomic E-state index is 0.808. The summed E-state index contributed by atoms with van der Waals surface area (Å²) >= 11 is 0. The smallest absolute Gasteiger partial charge is 0.121 e. The van der Waals surface area contributed by atoms with Crippen molar-refractivity contribution in [1.82, 2.24) is 15.0 Å². The van der Waals surface area contributed by atoms with Gasteiger partial charge in [-0.15, -0.1) is 5.10 Å². The Hall–Kier alpha value is -1.58. The number of aromatic nitrogens is 3. The summed E-state index contributed by atoms with van der Waals surface area (Å²) in [6.45, 7) is 0. The lowest BCUT2D eigenvalue weighted by molar-refractivity contribution is 0.415. The Labute approximate surface area is 69.8 Å². The van der Waals surface area contributed by atoms with E-state index in [9.17, 15) is 0 Å². The first-order chi connectivity index (χ1) is 5.81. The molecule has 1 aromatic heterocycles. The molecule has 0 aliphatic rings. The number of hydrogen-bond acceptors (Lipinski definition) is 3. The van der Waals surface area contributed by atoms with Crippen molar-refractivity contribution in [3.63, 3.8) is 0 Å². The summed E-state index contributed by atoms with van der Waals surface area (Å²) in [6.07, 6.45) is 0. The van der Waals surface area contributed by atoms with Crippen molar-refractivity contribution in [1.29, 1.82) is 0 Å². The van der Waals surface area contributed by atoms with Crippen LogP contribution >= 0.6 is 0 Å². The molecule has 0 bridgehead atoms. The molecule has 0 fully saturated rings. The minimum Gasteiger partial charge on any atom is -0.497 e. The van der Waals surface area contributed by atoms with E-state index >= 15 is 0 Å². The molecular weight excluding hydrogens is 154 g/mol. The largest absolute Gasteiger partial charge is 0.497 e. The van der Waals surface area contributed by atoms with Gasteiger partial charge in [0.1, 0.15) is 11.3 Å². The second-order valence-electron chi connectivity index (χ2n) is 2.57. The molecule has 0 unspecified atom stereocenters. The van der Waals surface area contributed by atoms with E-state index in [2.05, 4.69) is 10.3 Å². The maximum atomic E-state index is 5.05. The molecule has 0 atom stereocenters. The van der Waals surface area contributed by atoms with E-state index in [1.54, 1.807) is 11.8 Å². The highest BCUT2D eigenvalue weighted by Gasteiger charge is 2.01. The van der Waals surface area contributed by atoms with E-state index in [0.717, 1.165) is 16.8 Å². The number of hydrogen-bond donors (Lipinski definition) is 0. The van der Waals surface area contributed by atoms with Crippen molar-refractivity contribution in [3.05, 3.63) is 18.2 Å². The Balaban J connectivity index is 2.69. The van der Waals surface area contributed by atoms with Crippen molar-refractivity contribution in [2.24, 2.45) is 7.05 Å². The molecule has 0 saturated carbocycles. The molecule has 2 rings (SSSR count). The first-order valence-electron chi connectivity index (χ1n) is 3.64. The van der Waals surface area contributed by atoms with Gasteiger partial charge in [0.25, 0.3) is 0 Å². The topological polar surface area (TPSA) is 39.9 Å². The first kappa shape index (κ1) is 7.09. The number of rotatable bonds is 1. The van der Waals surface area contributed by atoms with Gasteiger partial charge in [0.05, 0.1) is 12.6 Å². The molecule has 4 heteroatoms. The van der Waals surface area contributed by atoms with Crippen molar-refractivity contribution in [2.75, 3.05) is 7.11 Å². The van der Waals surface area contributed by atoms with Crippen LogP contribution < -0.4 is 4.74 Å². The van der Waals surface area contributed by atoms with Crippen LogP contribution in [0.1, 0.15) is 0 Å². The zero-order chi connectivity index (χ0) is 8.55. The minimum absolute atomic E-state index is 0.808. The van der Waals surface area contributed by atoms with Gasteiger partial charge in [-0.1, -0.05) is 5.21 Å². The number of aryl methyl sites for hydroxylation is 1. The lowest BCUT2D eigenvalue weighted by Crippen LogP contribution is -1.89. The molecule has 4 nitrogen and oxygen atoms in total. The third-order valence-corrected chi connectivity index (χ3v) is 1.82. The molecule has 1 heterocycles. The van der Waals surface area contributed by atoms with Crippen LogP contribution in [0.4, 0.5) is 0 Å². The standard InChI is InChI=1S/C8H9N3O/c1-11-8-4-3-6(12-2)5-7(8)9-10-11/h3-5H,1-2H3. The summed E-state index contributed by atoms with van der Waals surface area (Å²) in [5.74, 6) is 0.808. The summed E-state index contributed by atoms with van der Waals surface area (Å²) in [4.78, 5) is 0. The van der Waals surface area contributed by atoms with E-state index in [1.807, 2.05) is 25.2 Å². The number of fused-ring (bicyclic) bond motifs is 1. The van der Waals surface area contributed by atoms with Gasteiger partial charge in [-0.05, 0) is 12.1 Å². The molecule has 0 aliphatic carbocycles. The molecule has 0 amide bonds. The fourth-order valence-corrected chi connectivity index (χ4v) is 1.15. The van der Waals surface area contributed by atoms with E-state index in [1.165, 1.54) is 0 Å². The number of benzene rings is 1. The third kappa shape index (κ3) is 0.922. The van der Waals surface area contributed by atoms with Crippen molar-refractivity contribution < 1.29 is 4.74 Å². The van der Waals surface area contributed by atoms with Gasteiger partial charge in [-0.3, -0.25) is 0 Å². The molecule has 0 aliphatic heterocycles. The molecular formula is C8H9N3O. The summed E-state index contributed by atoms with van der Waals surface area (Å²) in [5, 5.41) is 7.84. The van der Waals surface area contributed by atoms with Crippen molar-refractivity contribution >= 4 is 11.0 Å². The Morgan fingerprint density at radius 2 is 2.25 bits per heavy atom. The van der Waals surface area contributed by atoms with Crippen LogP contribution in [0.2, 0.25) is 0 Å². The molecule has 0 radical (unpaired) electrons. The van der Waals surface area contributed by atoms with Gasteiger partial charge in [0, 0.05) is 13.1 Å². The van der Waals surface area contributed by atoms with Gasteiger partial charge in [0.15, 0.2) is 0 Å². The maximum absolute atomic E-state index is 5.05. The van der Waals surface area contributed by atoms with E-state index in [-0.39, 0.29) is 0 Å². The predicted octanol–water partition coefficient (Wildman–Crippen LogP) is 0.977. The Kier molecular flexibility index (Phi) is 1.46. The van der Waals surface area contributed by atoms with Crippen LogP contribution in [-0.2, 0) is 7.05 Å². The maximum Gasteiger partial charge on any atom is 0.121 e. The van der Waals surface area contributed by atoms with Gasteiger partial charge in [0.2, 0.25) is 0 Å². The molecule has 0 spiro atoms. The lowest BCUT2D eigenvalue weighted by Gasteiger charge is -1.97. The number of methoxy groups -OCH3 is 1. The van der Waals surface area contributed by atoms with Crippen LogP contribution in [-0.4, -0.2) is 22.1 Å². The second kappa shape index (κ2) is 2.48. The lowest BCUT2D eigenvalue weighted by atomic mass is 10.3. The predicted molar refractivity (Wildman–Crippen MR) is 45.1 cm³/mol. The number of ether oxygens (including phenoxy) is 1. The van der Waals surface area contributed by atoms with E-state index in [0.29, 0.717) is 0 Å². The monoisotopic (exact) mass is 163 g/mol. The van der Waals surface area contributed by atoms with E-state index < -0.39 is 0 Å². The first-order valence-corrected chi connectivity index (χ1v) is 3.64. The van der Waals surface area contributed by atoms with Crippen LogP contribution in [0.25, 0.3) is 11.0 Å². The van der Waals surface area contributed by atoms with Crippen LogP contribution in [0, 0.1) is 0 Å². The quantitative estimate of drug-likeness (QED) is 0.629. The molecule has 12 heavy (non-hydrogen) atoms. The highest BCUT2D eigenvalue weighted by molar-refractivity contribution is 5.75. The van der Waals surface area contributed by atoms with Crippen LogP contribution in [0.3, 0.4) is 0 Å². The molecule has 62 valence electrons. The normalized spacial score (nSPS) is 10.5. The van der Waals surface area contributed by atoms with Gasteiger partial charge >= 0.3 is 0 Å². The third-order valence-electron chi connectivity index (χ3n) is 1.82. The SMILES string of the molecule is COc1ccc2c(c1)nnn2C. The highest BCUT2D eigenvalue weighted by Crippen LogP contribution is 2.17. The summed E-state index contributed by atoms with van der Waals surface area (Å²) in [5.41, 5.74) is 1.87. The van der Waals surface area contributed by atoms with Gasteiger partial charge < -0.3 is 4.74 Å². The van der Waals surface area contributed by atoms with Crippen molar-refractivity contribution in [2.45, 2.75) is 0 Å². The summed E-state index contributed by atoms with van der Waals surface area (Å²) < 4.78 is 6.79. The Morgan fingerprint density at radius 1 is 1.42 bits per heavy atom. The second-order valence-corrected chi connectivity index (χ2v) is 2.57. The van der Waals surface area contributed by atoms with E-state index in [4.69, 9.17) is 4.74 Å². The highest BCUT2D eigenvalue weighted by atomic mass is 16.5. The summed E-state index contributed by atoms with van der Waals surface area (Å²) in [7, 11) is 3.50. The average Bonchev–Trinajstić information content (AvgIpc) is 2.47. The fraction of sp³-hybridized carbons (Fsp3) is 0.250. The molecule has 1 aromatic carbocycles. The Bertz CT molecular complexity index is 408. The Morgan fingerprint density at radius 3 is 3.00 bits per heavy atom. The van der Waals surface area contributed by atoms with Gasteiger partial charge in [-0.25, -0.2) is 4.68 Å². The average molecular weight is 163 g/mol. The molecule has 0 N–H and O–H groups in total. The van der Waals surface area contributed by atoms with Crippen molar-refractivity contribution in [3.8, 4) is 5.75 Å². The van der Waals surface area contributed by atoms with Gasteiger partial charge in [-0.2, -0.15) is 0 Å². The van der Waals surface area contributed by atoms with Crippen LogP contribution in [0.15, 0.2) is 18.2 Å². The number of nitrogens with zero attached hydrogens (tertiary/aromatic N) is 3. The van der Waals surface area contributed by atoms with Crippen LogP contribution in [0.5, 0.6) is 5.75 Å².